The average molecular weight is 420 g/mol. The van der Waals surface area contributed by atoms with E-state index in [1.54, 1.807) is 6.07 Å². The number of aromatic hydroxyl groups is 2. The summed E-state index contributed by atoms with van der Waals surface area (Å²) in [5, 5.41) is 24.6. The quantitative estimate of drug-likeness (QED) is 0.268. The molecule has 31 heavy (non-hydrogen) atoms. The van der Waals surface area contributed by atoms with Crippen LogP contribution >= 0.6 is 8.58 Å². The van der Waals surface area contributed by atoms with E-state index in [0.29, 0.717) is 10.8 Å². The first-order chi connectivity index (χ1) is 15.2. The van der Waals surface area contributed by atoms with Gasteiger partial charge < -0.3 is 10.2 Å². The van der Waals surface area contributed by atoms with Gasteiger partial charge in [0.05, 0.1) is 0 Å². The Bertz CT molecular complexity index is 1360. The number of hydrogen-bond donors (Lipinski definition) is 2. The average Bonchev–Trinajstić information content (AvgIpc) is 2.84. The summed E-state index contributed by atoms with van der Waals surface area (Å²) in [6.07, 6.45) is 0. The lowest BCUT2D eigenvalue weighted by Gasteiger charge is -2.15. The molecular formula is C28H21O2P. The van der Waals surface area contributed by atoms with Gasteiger partial charge in [-0.1, -0.05) is 106 Å². The molecule has 0 saturated carbocycles. The van der Waals surface area contributed by atoms with Crippen molar-refractivity contribution in [1.82, 2.24) is 0 Å². The molecule has 0 bridgehead atoms. The molecule has 1 unspecified atom stereocenters. The lowest BCUT2D eigenvalue weighted by atomic mass is 9.99. The van der Waals surface area contributed by atoms with Crippen molar-refractivity contribution in [1.29, 1.82) is 0 Å². The number of phenolic OH excluding ortho intramolecular Hbond substituents is 2. The number of hydrogen-bond acceptors (Lipinski definition) is 2. The van der Waals surface area contributed by atoms with Gasteiger partial charge in [-0.15, -0.1) is 0 Å². The van der Waals surface area contributed by atoms with Crippen molar-refractivity contribution in [3.8, 4) is 33.8 Å². The molecule has 5 rings (SSSR count). The van der Waals surface area contributed by atoms with Gasteiger partial charge in [0.15, 0.2) is 0 Å². The molecule has 0 amide bonds. The summed E-state index contributed by atoms with van der Waals surface area (Å²) >= 11 is 0. The molecule has 150 valence electrons. The number of benzene rings is 5. The normalized spacial score (nSPS) is 11.4. The summed E-state index contributed by atoms with van der Waals surface area (Å²) in [4.78, 5) is 0. The summed E-state index contributed by atoms with van der Waals surface area (Å²) < 4.78 is 0. The molecule has 0 fully saturated rings. The maximum atomic E-state index is 10.9. The van der Waals surface area contributed by atoms with Crippen LogP contribution in [0, 0.1) is 0 Å². The van der Waals surface area contributed by atoms with Crippen molar-refractivity contribution < 1.29 is 10.2 Å². The predicted molar refractivity (Wildman–Crippen MR) is 132 cm³/mol. The van der Waals surface area contributed by atoms with Gasteiger partial charge >= 0.3 is 0 Å². The summed E-state index contributed by atoms with van der Waals surface area (Å²) in [6.45, 7) is 0. The molecule has 0 radical (unpaired) electrons. The second-order valence-corrected chi connectivity index (χ2v) is 8.78. The monoisotopic (exact) mass is 420 g/mol. The maximum Gasteiger partial charge on any atom is 0.131 e. The van der Waals surface area contributed by atoms with Crippen molar-refractivity contribution in [2.24, 2.45) is 0 Å². The van der Waals surface area contributed by atoms with E-state index in [-0.39, 0.29) is 20.1 Å². The number of fused-ring (bicyclic) bond motifs is 1. The predicted octanol–water partition coefficient (Wildman–Crippen LogP) is 6.21. The Morgan fingerprint density at radius 2 is 1.10 bits per heavy atom. The molecule has 2 nitrogen and oxygen atoms in total. The van der Waals surface area contributed by atoms with Crippen LogP contribution in [0.3, 0.4) is 0 Å². The van der Waals surface area contributed by atoms with E-state index in [9.17, 15) is 10.2 Å². The lowest BCUT2D eigenvalue weighted by molar-refractivity contribution is 0.473. The fraction of sp³-hybridized carbons (Fsp3) is 0. The number of phenols is 2. The van der Waals surface area contributed by atoms with Crippen molar-refractivity contribution in [2.75, 3.05) is 0 Å². The first-order valence-electron chi connectivity index (χ1n) is 10.2. The Labute approximate surface area is 183 Å². The molecule has 0 saturated heterocycles. The maximum absolute atomic E-state index is 10.9. The van der Waals surface area contributed by atoms with Gasteiger partial charge in [-0.05, 0) is 39.7 Å². The first-order valence-corrected chi connectivity index (χ1v) is 11.2. The minimum absolute atomic E-state index is 0.193. The van der Waals surface area contributed by atoms with E-state index in [2.05, 4.69) is 42.5 Å². The van der Waals surface area contributed by atoms with E-state index in [4.69, 9.17) is 0 Å². The SMILES string of the molecule is Oc1cc(Pc2ccc(-c3ccccc3)cc2-c2ccccc2)c(O)c2ccccc12. The van der Waals surface area contributed by atoms with Crippen molar-refractivity contribution in [3.05, 3.63) is 109 Å². The molecule has 5 aromatic rings. The molecule has 0 aromatic heterocycles. The fourth-order valence-electron chi connectivity index (χ4n) is 3.90. The molecule has 1 atom stereocenters. The van der Waals surface area contributed by atoms with Crippen LogP contribution in [0.1, 0.15) is 0 Å². The molecule has 0 spiro atoms. The molecule has 0 aliphatic rings. The van der Waals surface area contributed by atoms with Crippen LogP contribution in [-0.2, 0) is 0 Å². The van der Waals surface area contributed by atoms with E-state index >= 15 is 0 Å². The fourth-order valence-corrected chi connectivity index (χ4v) is 5.17. The second kappa shape index (κ2) is 8.26. The van der Waals surface area contributed by atoms with Gasteiger partial charge in [-0.3, -0.25) is 0 Å². The zero-order valence-electron chi connectivity index (χ0n) is 16.8. The van der Waals surface area contributed by atoms with Crippen LogP contribution in [0.15, 0.2) is 109 Å². The van der Waals surface area contributed by atoms with Crippen LogP contribution in [0.25, 0.3) is 33.0 Å². The highest BCUT2D eigenvalue weighted by molar-refractivity contribution is 7.56. The zero-order chi connectivity index (χ0) is 21.2. The largest absolute Gasteiger partial charge is 0.507 e. The zero-order valence-corrected chi connectivity index (χ0v) is 17.8. The molecule has 2 N–H and O–H groups in total. The van der Waals surface area contributed by atoms with Crippen LogP contribution < -0.4 is 10.6 Å². The molecule has 0 aliphatic heterocycles. The second-order valence-electron chi connectivity index (χ2n) is 7.45. The van der Waals surface area contributed by atoms with E-state index in [0.717, 1.165) is 27.3 Å². The van der Waals surface area contributed by atoms with Crippen molar-refractivity contribution in [3.63, 3.8) is 0 Å². The Kier molecular flexibility index (Phi) is 5.16. The molecule has 0 aliphatic carbocycles. The Morgan fingerprint density at radius 3 is 1.81 bits per heavy atom. The minimum atomic E-state index is 0.193. The third-order valence-corrected chi connectivity index (χ3v) is 6.83. The number of rotatable bonds is 4. The van der Waals surface area contributed by atoms with Crippen LogP contribution in [0.4, 0.5) is 0 Å². The minimum Gasteiger partial charge on any atom is -0.507 e. The highest BCUT2D eigenvalue weighted by Crippen LogP contribution is 2.36. The highest BCUT2D eigenvalue weighted by Gasteiger charge is 2.14. The van der Waals surface area contributed by atoms with Gasteiger partial charge in [0.1, 0.15) is 11.5 Å². The van der Waals surface area contributed by atoms with Crippen LogP contribution in [0.2, 0.25) is 0 Å². The van der Waals surface area contributed by atoms with Crippen molar-refractivity contribution in [2.45, 2.75) is 0 Å². The molecular weight excluding hydrogens is 399 g/mol. The third-order valence-electron chi connectivity index (χ3n) is 5.48. The highest BCUT2D eigenvalue weighted by atomic mass is 31.1. The smallest absolute Gasteiger partial charge is 0.131 e. The van der Waals surface area contributed by atoms with Gasteiger partial charge in [-0.25, -0.2) is 0 Å². The van der Waals surface area contributed by atoms with Gasteiger partial charge in [-0.2, -0.15) is 0 Å². The summed E-state index contributed by atoms with van der Waals surface area (Å²) in [6, 6.07) is 36.2. The van der Waals surface area contributed by atoms with Gasteiger partial charge in [0.25, 0.3) is 0 Å². The van der Waals surface area contributed by atoms with Crippen LogP contribution in [-0.4, -0.2) is 10.2 Å². The first kappa shape index (κ1) is 19.4. The third kappa shape index (κ3) is 3.79. The Balaban J connectivity index is 1.64. The van der Waals surface area contributed by atoms with Crippen molar-refractivity contribution >= 4 is 30.0 Å². The lowest BCUT2D eigenvalue weighted by Crippen LogP contribution is -2.08. The van der Waals surface area contributed by atoms with E-state index < -0.39 is 0 Å². The molecule has 0 heterocycles. The molecule has 5 aromatic carbocycles. The van der Waals surface area contributed by atoms with E-state index in [1.807, 2.05) is 60.7 Å². The summed E-state index contributed by atoms with van der Waals surface area (Å²) in [5.41, 5.74) is 4.58. The topological polar surface area (TPSA) is 40.5 Å². The van der Waals surface area contributed by atoms with Crippen LogP contribution in [0.5, 0.6) is 11.5 Å². The molecule has 3 heteroatoms. The van der Waals surface area contributed by atoms with Gasteiger partial charge in [0, 0.05) is 16.1 Å². The summed E-state index contributed by atoms with van der Waals surface area (Å²) in [7, 11) is 0.204. The Morgan fingerprint density at radius 1 is 0.484 bits per heavy atom. The van der Waals surface area contributed by atoms with E-state index in [1.165, 1.54) is 5.56 Å². The Hall–Kier alpha value is -3.61. The standard InChI is InChI=1S/C28H21O2P/c29-25-18-27(28(30)23-14-8-7-13-22(23)25)31-26-16-15-21(19-9-3-1-4-10-19)17-24(26)20-11-5-2-6-12-20/h1-18,29-31H. The summed E-state index contributed by atoms with van der Waals surface area (Å²) in [5.74, 6) is 0.427. The van der Waals surface area contributed by atoms with Gasteiger partial charge in [0.2, 0.25) is 0 Å².